The Bertz CT molecular complexity index is 516. The van der Waals surface area contributed by atoms with Crippen molar-refractivity contribution < 1.29 is 17.9 Å². The first-order valence-corrected chi connectivity index (χ1v) is 8.09. The number of halogens is 1. The zero-order chi connectivity index (χ0) is 14.5. The van der Waals surface area contributed by atoms with Crippen LogP contribution in [0, 0.1) is 0 Å². The quantitative estimate of drug-likeness (QED) is 0.764. The van der Waals surface area contributed by atoms with E-state index in [0.29, 0.717) is 16.8 Å². The summed E-state index contributed by atoms with van der Waals surface area (Å²) in [7, 11) is -2.00. The van der Waals surface area contributed by atoms with Crippen LogP contribution >= 0.6 is 15.9 Å². The topological polar surface area (TPSA) is 64.6 Å². The molecule has 1 rings (SSSR count). The second-order valence-corrected chi connectivity index (χ2v) is 6.73. The molecule has 5 nitrogen and oxygen atoms in total. The number of nitrogens with one attached hydrogen (secondary N) is 1. The van der Waals surface area contributed by atoms with Crippen molar-refractivity contribution in [2.75, 3.05) is 20.3 Å². The van der Waals surface area contributed by atoms with E-state index in [1.807, 2.05) is 13.8 Å². The van der Waals surface area contributed by atoms with Crippen LogP contribution in [0.2, 0.25) is 0 Å². The van der Waals surface area contributed by atoms with Crippen LogP contribution in [0.4, 0.5) is 0 Å². The summed E-state index contributed by atoms with van der Waals surface area (Å²) in [6.45, 7) is 4.38. The van der Waals surface area contributed by atoms with Gasteiger partial charge in [-0.3, -0.25) is 0 Å². The highest BCUT2D eigenvalue weighted by Crippen LogP contribution is 2.27. The van der Waals surface area contributed by atoms with E-state index in [2.05, 4.69) is 20.7 Å². The molecular weight excluding hydrogens is 334 g/mol. The Morgan fingerprint density at radius 1 is 1.37 bits per heavy atom. The van der Waals surface area contributed by atoms with Crippen LogP contribution in [0.25, 0.3) is 0 Å². The van der Waals surface area contributed by atoms with Crippen molar-refractivity contribution in [1.82, 2.24) is 4.72 Å². The summed E-state index contributed by atoms with van der Waals surface area (Å²) >= 11 is 3.26. The van der Waals surface area contributed by atoms with Gasteiger partial charge in [0.05, 0.1) is 29.2 Å². The highest BCUT2D eigenvalue weighted by molar-refractivity contribution is 9.10. The summed E-state index contributed by atoms with van der Waals surface area (Å²) < 4.78 is 37.4. The van der Waals surface area contributed by atoms with Crippen LogP contribution in [0.15, 0.2) is 27.6 Å². The van der Waals surface area contributed by atoms with Gasteiger partial charge in [-0.2, -0.15) is 0 Å². The summed E-state index contributed by atoms with van der Waals surface area (Å²) in [5.41, 5.74) is 0. The average Bonchev–Trinajstić information content (AvgIpc) is 2.34. The minimum absolute atomic E-state index is 0.0830. The Kier molecular flexibility index (Phi) is 6.25. The largest absolute Gasteiger partial charge is 0.496 e. The number of methoxy groups -OCH3 is 1. The van der Waals surface area contributed by atoms with E-state index in [-0.39, 0.29) is 17.5 Å². The summed E-state index contributed by atoms with van der Waals surface area (Å²) in [5.74, 6) is 0.585. The van der Waals surface area contributed by atoms with Crippen molar-refractivity contribution in [3.8, 4) is 5.75 Å². The van der Waals surface area contributed by atoms with Gasteiger partial charge >= 0.3 is 0 Å². The lowest BCUT2D eigenvalue weighted by atomic mass is 10.3. The fourth-order valence-corrected chi connectivity index (χ4v) is 3.10. The highest BCUT2D eigenvalue weighted by Gasteiger charge is 2.15. The second kappa shape index (κ2) is 7.23. The molecule has 0 bridgehead atoms. The Balaban J connectivity index is 2.69. The molecule has 0 amide bonds. The molecule has 0 saturated heterocycles. The molecule has 0 aliphatic rings. The molecule has 0 spiro atoms. The van der Waals surface area contributed by atoms with Gasteiger partial charge in [0.15, 0.2) is 0 Å². The zero-order valence-electron chi connectivity index (χ0n) is 11.1. The van der Waals surface area contributed by atoms with Gasteiger partial charge in [-0.15, -0.1) is 0 Å². The van der Waals surface area contributed by atoms with Gasteiger partial charge in [0.2, 0.25) is 10.0 Å². The fraction of sp³-hybridized carbons (Fsp3) is 0.500. The molecule has 0 aromatic heterocycles. The first kappa shape index (κ1) is 16.4. The average molecular weight is 352 g/mol. The third-order valence-corrected chi connectivity index (χ3v) is 4.36. The molecule has 0 saturated carbocycles. The zero-order valence-corrected chi connectivity index (χ0v) is 13.5. The number of rotatable bonds is 7. The molecule has 108 valence electrons. The molecule has 0 atom stereocenters. The van der Waals surface area contributed by atoms with Crippen LogP contribution < -0.4 is 9.46 Å². The summed E-state index contributed by atoms with van der Waals surface area (Å²) in [5, 5.41) is 0. The van der Waals surface area contributed by atoms with Crippen LogP contribution in [0.5, 0.6) is 5.75 Å². The molecule has 0 aliphatic carbocycles. The Labute approximate surface area is 122 Å². The van der Waals surface area contributed by atoms with Crippen LogP contribution in [0.1, 0.15) is 13.8 Å². The van der Waals surface area contributed by atoms with Crippen molar-refractivity contribution >= 4 is 26.0 Å². The number of sulfonamides is 1. The van der Waals surface area contributed by atoms with Crippen molar-refractivity contribution in [3.05, 3.63) is 22.7 Å². The molecule has 0 fully saturated rings. The molecule has 0 heterocycles. The van der Waals surface area contributed by atoms with E-state index in [1.54, 1.807) is 6.07 Å². The Morgan fingerprint density at radius 2 is 2.05 bits per heavy atom. The second-order valence-electron chi connectivity index (χ2n) is 4.11. The van der Waals surface area contributed by atoms with Crippen molar-refractivity contribution in [3.63, 3.8) is 0 Å². The monoisotopic (exact) mass is 351 g/mol. The van der Waals surface area contributed by atoms with E-state index >= 15 is 0 Å². The minimum atomic E-state index is -3.52. The lowest BCUT2D eigenvalue weighted by Crippen LogP contribution is -2.28. The van der Waals surface area contributed by atoms with Gasteiger partial charge in [0, 0.05) is 6.54 Å². The first-order chi connectivity index (χ1) is 8.86. The van der Waals surface area contributed by atoms with E-state index in [1.165, 1.54) is 19.2 Å². The first-order valence-electron chi connectivity index (χ1n) is 5.81. The molecule has 19 heavy (non-hydrogen) atoms. The third-order valence-electron chi connectivity index (χ3n) is 2.28. The molecule has 0 radical (unpaired) electrons. The minimum Gasteiger partial charge on any atom is -0.496 e. The van der Waals surface area contributed by atoms with Gasteiger partial charge in [0.1, 0.15) is 5.75 Å². The molecule has 7 heteroatoms. The van der Waals surface area contributed by atoms with Crippen molar-refractivity contribution in [1.29, 1.82) is 0 Å². The van der Waals surface area contributed by atoms with E-state index in [0.717, 1.165) is 0 Å². The maximum Gasteiger partial charge on any atom is 0.240 e. The summed E-state index contributed by atoms with van der Waals surface area (Å²) in [4.78, 5) is 0.185. The molecular formula is C12H18BrNO4S. The van der Waals surface area contributed by atoms with Crippen LogP contribution in [0.3, 0.4) is 0 Å². The maximum atomic E-state index is 12.0. The molecule has 0 aliphatic heterocycles. The van der Waals surface area contributed by atoms with Gasteiger partial charge in [0.25, 0.3) is 0 Å². The van der Waals surface area contributed by atoms with Crippen molar-refractivity contribution in [2.45, 2.75) is 24.8 Å². The summed E-state index contributed by atoms with van der Waals surface area (Å²) in [6, 6.07) is 4.60. The molecule has 0 unspecified atom stereocenters. The van der Waals surface area contributed by atoms with Gasteiger partial charge in [-0.05, 0) is 48.0 Å². The Morgan fingerprint density at radius 3 is 2.58 bits per heavy atom. The van der Waals surface area contributed by atoms with Gasteiger partial charge < -0.3 is 9.47 Å². The van der Waals surface area contributed by atoms with Crippen LogP contribution in [-0.4, -0.2) is 34.8 Å². The smallest absolute Gasteiger partial charge is 0.240 e. The van der Waals surface area contributed by atoms with Gasteiger partial charge in [-0.1, -0.05) is 0 Å². The predicted octanol–water partition coefficient (Wildman–Crippen LogP) is 2.16. The highest BCUT2D eigenvalue weighted by atomic mass is 79.9. The number of hydrogen-bond acceptors (Lipinski definition) is 4. The van der Waals surface area contributed by atoms with Gasteiger partial charge in [-0.25, -0.2) is 13.1 Å². The third kappa shape index (κ3) is 5.10. The Hall–Kier alpha value is -0.630. The molecule has 1 aromatic carbocycles. The lowest BCUT2D eigenvalue weighted by Gasteiger charge is -2.10. The van der Waals surface area contributed by atoms with Crippen molar-refractivity contribution in [2.24, 2.45) is 0 Å². The molecule has 1 aromatic rings. The number of benzene rings is 1. The summed E-state index contributed by atoms with van der Waals surface area (Å²) in [6.07, 6.45) is 0.0830. The number of ether oxygens (including phenoxy) is 2. The SMILES string of the molecule is COc1ccc(S(=O)(=O)NCCOC(C)C)cc1Br. The normalized spacial score (nSPS) is 11.8. The van der Waals surface area contributed by atoms with E-state index in [9.17, 15) is 8.42 Å². The maximum absolute atomic E-state index is 12.0. The molecule has 1 N–H and O–H groups in total. The van der Waals surface area contributed by atoms with Crippen LogP contribution in [-0.2, 0) is 14.8 Å². The predicted molar refractivity (Wildman–Crippen MR) is 77.0 cm³/mol. The lowest BCUT2D eigenvalue weighted by molar-refractivity contribution is 0.0834. The standard InChI is InChI=1S/C12H18BrNO4S/c1-9(2)18-7-6-14-19(15,16)10-4-5-12(17-3)11(13)8-10/h4-5,8-9,14H,6-7H2,1-3H3. The fourth-order valence-electron chi connectivity index (χ4n) is 1.37. The van der Waals surface area contributed by atoms with E-state index in [4.69, 9.17) is 9.47 Å². The van der Waals surface area contributed by atoms with E-state index < -0.39 is 10.0 Å². The number of hydrogen-bond donors (Lipinski definition) is 1.